The summed E-state index contributed by atoms with van der Waals surface area (Å²) in [5, 5.41) is 3.75. The van der Waals surface area contributed by atoms with Gasteiger partial charge in [-0.25, -0.2) is 0 Å². The van der Waals surface area contributed by atoms with Gasteiger partial charge in [0.2, 0.25) is 0 Å². The Balaban J connectivity index is 1.57. The molecule has 0 spiro atoms. The van der Waals surface area contributed by atoms with E-state index in [1.807, 2.05) is 0 Å². The smallest absolute Gasteiger partial charge is 0.0702 e. The molecule has 1 saturated heterocycles. The second-order valence-corrected chi connectivity index (χ2v) is 6.43. The number of nitrogens with one attached hydrogen (secondary N) is 1. The molecule has 0 radical (unpaired) electrons. The topological polar surface area (TPSA) is 24.5 Å². The summed E-state index contributed by atoms with van der Waals surface area (Å²) >= 11 is 0. The summed E-state index contributed by atoms with van der Waals surface area (Å²) in [6.45, 7) is 10.1. The molecule has 0 aromatic carbocycles. The quantitative estimate of drug-likeness (QED) is 0.801. The van der Waals surface area contributed by atoms with Crippen LogP contribution in [0.2, 0.25) is 0 Å². The summed E-state index contributed by atoms with van der Waals surface area (Å²) in [7, 11) is 0. The predicted molar refractivity (Wildman–Crippen MR) is 80.5 cm³/mol. The first-order valence-corrected chi connectivity index (χ1v) is 8.35. The average Bonchev–Trinajstić information content (AvgIpc) is 2.42. The Kier molecular flexibility index (Phi) is 6.62. The predicted octanol–water partition coefficient (Wildman–Crippen LogP) is 2.66. The lowest BCUT2D eigenvalue weighted by Gasteiger charge is -2.33. The van der Waals surface area contributed by atoms with Gasteiger partial charge in [-0.1, -0.05) is 6.92 Å². The van der Waals surface area contributed by atoms with Crippen LogP contribution in [0.1, 0.15) is 52.4 Å². The Morgan fingerprint density at radius 3 is 2.68 bits per heavy atom. The van der Waals surface area contributed by atoms with E-state index in [0.717, 1.165) is 31.7 Å². The number of rotatable bonds is 6. The zero-order chi connectivity index (χ0) is 13.5. The maximum atomic E-state index is 5.76. The summed E-state index contributed by atoms with van der Waals surface area (Å²) in [6, 6.07) is 0.781. The fraction of sp³-hybridized carbons (Fsp3) is 1.00. The SMILES string of the molecule is CCOC1CCCN(CCNC2CCC(C)CC2)C1. The molecule has 0 aromatic rings. The Hall–Kier alpha value is -0.120. The lowest BCUT2D eigenvalue weighted by molar-refractivity contribution is 0.00611. The number of ether oxygens (including phenoxy) is 1. The highest BCUT2D eigenvalue weighted by Gasteiger charge is 2.21. The van der Waals surface area contributed by atoms with Gasteiger partial charge in [0.25, 0.3) is 0 Å². The Morgan fingerprint density at radius 2 is 1.95 bits per heavy atom. The molecule has 2 aliphatic rings. The van der Waals surface area contributed by atoms with Gasteiger partial charge in [0.1, 0.15) is 0 Å². The third kappa shape index (κ3) is 5.41. The van der Waals surface area contributed by atoms with Crippen LogP contribution in [0.25, 0.3) is 0 Å². The molecule has 3 nitrogen and oxygen atoms in total. The summed E-state index contributed by atoms with van der Waals surface area (Å²) < 4.78 is 5.76. The van der Waals surface area contributed by atoms with Gasteiger partial charge in [-0.05, 0) is 57.9 Å². The van der Waals surface area contributed by atoms with E-state index in [1.165, 1.54) is 51.6 Å². The first-order chi connectivity index (χ1) is 9.28. The lowest BCUT2D eigenvalue weighted by atomic mass is 9.87. The summed E-state index contributed by atoms with van der Waals surface area (Å²) in [6.07, 6.45) is 8.60. The van der Waals surface area contributed by atoms with Crippen molar-refractivity contribution in [1.82, 2.24) is 10.2 Å². The maximum absolute atomic E-state index is 5.76. The number of likely N-dealkylation sites (tertiary alicyclic amines) is 1. The molecule has 1 saturated carbocycles. The molecular formula is C16H32N2O. The molecule has 1 N–H and O–H groups in total. The first-order valence-electron chi connectivity index (χ1n) is 8.35. The molecule has 112 valence electrons. The van der Waals surface area contributed by atoms with Crippen LogP contribution in [0.4, 0.5) is 0 Å². The van der Waals surface area contributed by atoms with E-state index in [9.17, 15) is 0 Å². The Morgan fingerprint density at radius 1 is 1.16 bits per heavy atom. The van der Waals surface area contributed by atoms with Crippen molar-refractivity contribution in [1.29, 1.82) is 0 Å². The molecule has 1 aliphatic heterocycles. The van der Waals surface area contributed by atoms with Gasteiger partial charge in [-0.3, -0.25) is 4.90 Å². The van der Waals surface area contributed by atoms with Crippen molar-refractivity contribution in [2.24, 2.45) is 5.92 Å². The highest BCUT2D eigenvalue weighted by atomic mass is 16.5. The molecule has 1 heterocycles. The van der Waals surface area contributed by atoms with Gasteiger partial charge in [-0.15, -0.1) is 0 Å². The van der Waals surface area contributed by atoms with Crippen LogP contribution in [-0.2, 0) is 4.74 Å². The number of piperidine rings is 1. The van der Waals surface area contributed by atoms with Crippen LogP contribution >= 0.6 is 0 Å². The van der Waals surface area contributed by atoms with Crippen LogP contribution in [0.5, 0.6) is 0 Å². The van der Waals surface area contributed by atoms with Crippen molar-refractivity contribution in [3.63, 3.8) is 0 Å². The van der Waals surface area contributed by atoms with E-state index in [1.54, 1.807) is 0 Å². The molecule has 0 bridgehead atoms. The molecule has 3 heteroatoms. The van der Waals surface area contributed by atoms with Crippen LogP contribution in [0.15, 0.2) is 0 Å². The highest BCUT2D eigenvalue weighted by molar-refractivity contribution is 4.77. The minimum absolute atomic E-state index is 0.481. The average molecular weight is 268 g/mol. The normalized spacial score (nSPS) is 33.5. The second-order valence-electron chi connectivity index (χ2n) is 6.43. The fourth-order valence-corrected chi connectivity index (χ4v) is 3.48. The van der Waals surface area contributed by atoms with Crippen LogP contribution in [0, 0.1) is 5.92 Å². The molecule has 0 aromatic heterocycles. The van der Waals surface area contributed by atoms with Crippen LogP contribution in [0.3, 0.4) is 0 Å². The Bertz CT molecular complexity index is 237. The molecule has 0 amide bonds. The number of hydrogen-bond acceptors (Lipinski definition) is 3. The molecule has 2 fully saturated rings. The van der Waals surface area contributed by atoms with Gasteiger partial charge in [0, 0.05) is 32.3 Å². The van der Waals surface area contributed by atoms with E-state index >= 15 is 0 Å². The third-order valence-corrected chi connectivity index (χ3v) is 4.74. The first kappa shape index (κ1) is 15.3. The van der Waals surface area contributed by atoms with Crippen molar-refractivity contribution < 1.29 is 4.74 Å². The standard InChI is InChI=1S/C16H32N2O/c1-3-19-16-5-4-11-18(13-16)12-10-17-15-8-6-14(2)7-9-15/h14-17H,3-13H2,1-2H3. The molecule has 2 rings (SSSR count). The molecule has 19 heavy (non-hydrogen) atoms. The zero-order valence-corrected chi connectivity index (χ0v) is 12.9. The van der Waals surface area contributed by atoms with Crippen molar-refractivity contribution in [3.8, 4) is 0 Å². The van der Waals surface area contributed by atoms with Crippen molar-refractivity contribution >= 4 is 0 Å². The van der Waals surface area contributed by atoms with E-state index in [4.69, 9.17) is 4.74 Å². The van der Waals surface area contributed by atoms with E-state index in [0.29, 0.717) is 6.10 Å². The second kappa shape index (κ2) is 8.23. The summed E-state index contributed by atoms with van der Waals surface area (Å²) in [5.41, 5.74) is 0. The molecule has 1 unspecified atom stereocenters. The van der Waals surface area contributed by atoms with Gasteiger partial charge in [0.05, 0.1) is 6.10 Å². The van der Waals surface area contributed by atoms with Gasteiger partial charge >= 0.3 is 0 Å². The monoisotopic (exact) mass is 268 g/mol. The zero-order valence-electron chi connectivity index (χ0n) is 12.9. The number of nitrogens with zero attached hydrogens (tertiary/aromatic N) is 1. The maximum Gasteiger partial charge on any atom is 0.0702 e. The fourth-order valence-electron chi connectivity index (χ4n) is 3.48. The largest absolute Gasteiger partial charge is 0.377 e. The van der Waals surface area contributed by atoms with Crippen LogP contribution < -0.4 is 5.32 Å². The van der Waals surface area contributed by atoms with E-state index in [-0.39, 0.29) is 0 Å². The van der Waals surface area contributed by atoms with E-state index in [2.05, 4.69) is 24.1 Å². The van der Waals surface area contributed by atoms with Gasteiger partial charge in [0.15, 0.2) is 0 Å². The highest BCUT2D eigenvalue weighted by Crippen LogP contribution is 2.23. The van der Waals surface area contributed by atoms with Gasteiger partial charge < -0.3 is 10.1 Å². The Labute approximate surface area is 119 Å². The number of hydrogen-bond donors (Lipinski definition) is 1. The van der Waals surface area contributed by atoms with Gasteiger partial charge in [-0.2, -0.15) is 0 Å². The molecular weight excluding hydrogens is 236 g/mol. The molecule has 1 aliphatic carbocycles. The summed E-state index contributed by atoms with van der Waals surface area (Å²) in [4.78, 5) is 2.57. The molecule has 1 atom stereocenters. The van der Waals surface area contributed by atoms with Crippen molar-refractivity contribution in [2.75, 3.05) is 32.8 Å². The minimum Gasteiger partial charge on any atom is -0.377 e. The summed E-state index contributed by atoms with van der Waals surface area (Å²) in [5.74, 6) is 0.951. The minimum atomic E-state index is 0.481. The van der Waals surface area contributed by atoms with Crippen molar-refractivity contribution in [2.45, 2.75) is 64.5 Å². The third-order valence-electron chi connectivity index (χ3n) is 4.74. The van der Waals surface area contributed by atoms with Crippen LogP contribution in [-0.4, -0.2) is 49.8 Å². The van der Waals surface area contributed by atoms with Crippen molar-refractivity contribution in [3.05, 3.63) is 0 Å². The van der Waals surface area contributed by atoms with E-state index < -0.39 is 0 Å². The lowest BCUT2D eigenvalue weighted by Crippen LogP contribution is -2.44.